The number of fused-ring (bicyclic) bond motifs is 1. The summed E-state index contributed by atoms with van der Waals surface area (Å²) in [7, 11) is 0. The van der Waals surface area contributed by atoms with E-state index in [1.54, 1.807) is 29.7 Å². The monoisotopic (exact) mass is 446 g/mol. The molecule has 0 N–H and O–H groups in total. The van der Waals surface area contributed by atoms with Gasteiger partial charge < -0.3 is 9.47 Å². The molecule has 0 unspecified atom stereocenters. The van der Waals surface area contributed by atoms with Gasteiger partial charge in [-0.2, -0.15) is 0 Å². The highest BCUT2D eigenvalue weighted by Crippen LogP contribution is 2.26. The zero-order valence-corrected chi connectivity index (χ0v) is 18.4. The highest BCUT2D eigenvalue weighted by atomic mass is 32.2. The fourth-order valence-corrected chi connectivity index (χ4v) is 4.17. The number of carbonyl (C=O) groups is 1. The molecule has 0 saturated carbocycles. The lowest BCUT2D eigenvalue weighted by molar-refractivity contribution is -0.145. The van der Waals surface area contributed by atoms with E-state index in [1.807, 2.05) is 60.7 Å². The molecule has 4 rings (SSSR count). The second-order valence-corrected chi connectivity index (χ2v) is 7.86. The minimum absolute atomic E-state index is 0.196. The summed E-state index contributed by atoms with van der Waals surface area (Å²) in [6, 6.07) is 24.5. The number of benzene rings is 3. The Hall–Kier alpha value is -3.58. The summed E-state index contributed by atoms with van der Waals surface area (Å²) < 4.78 is 12.0. The van der Waals surface area contributed by atoms with Crippen LogP contribution in [0.15, 0.2) is 88.8 Å². The topological polar surface area (TPSA) is 70.4 Å². The lowest BCUT2D eigenvalue weighted by Gasteiger charge is -2.14. The van der Waals surface area contributed by atoms with Crippen molar-refractivity contribution in [3.8, 4) is 11.4 Å². The van der Waals surface area contributed by atoms with Crippen LogP contribution in [0.5, 0.6) is 5.75 Å². The molecule has 0 saturated heterocycles. The van der Waals surface area contributed by atoms with Gasteiger partial charge in [-0.3, -0.25) is 9.36 Å². The van der Waals surface area contributed by atoms with Gasteiger partial charge in [0.1, 0.15) is 5.75 Å². The second-order valence-electron chi connectivity index (χ2n) is 6.92. The highest BCUT2D eigenvalue weighted by Gasteiger charge is 2.15. The zero-order chi connectivity index (χ0) is 22.3. The Kier molecular flexibility index (Phi) is 6.87. The molecular formula is C25H22N2O4S. The smallest absolute Gasteiger partial charge is 0.344 e. The van der Waals surface area contributed by atoms with Gasteiger partial charge in [0, 0.05) is 5.75 Å². The van der Waals surface area contributed by atoms with Gasteiger partial charge in [0.2, 0.25) is 0 Å². The highest BCUT2D eigenvalue weighted by molar-refractivity contribution is 7.98. The molecule has 0 spiro atoms. The SMILES string of the molecule is CCOC(=O)COc1ccc2nc(SCc3ccccc3)n(-c3ccccc3)c(=O)c2c1. The Morgan fingerprint density at radius 2 is 1.72 bits per heavy atom. The summed E-state index contributed by atoms with van der Waals surface area (Å²) in [4.78, 5) is 29.9. The van der Waals surface area contributed by atoms with E-state index in [0.717, 1.165) is 11.3 Å². The predicted molar refractivity (Wildman–Crippen MR) is 125 cm³/mol. The fourth-order valence-electron chi connectivity index (χ4n) is 3.20. The number of nitrogens with zero attached hydrogens (tertiary/aromatic N) is 2. The number of hydrogen-bond donors (Lipinski definition) is 0. The summed E-state index contributed by atoms with van der Waals surface area (Å²) in [5, 5.41) is 1.03. The van der Waals surface area contributed by atoms with Crippen LogP contribution in [0.1, 0.15) is 12.5 Å². The minimum atomic E-state index is -0.458. The largest absolute Gasteiger partial charge is 0.482 e. The molecule has 4 aromatic rings. The Morgan fingerprint density at radius 3 is 2.44 bits per heavy atom. The van der Waals surface area contributed by atoms with E-state index in [0.29, 0.717) is 27.6 Å². The van der Waals surface area contributed by atoms with Crippen molar-refractivity contribution in [2.45, 2.75) is 17.8 Å². The average molecular weight is 447 g/mol. The van der Waals surface area contributed by atoms with E-state index in [4.69, 9.17) is 14.5 Å². The molecule has 1 aromatic heterocycles. The summed E-state index contributed by atoms with van der Waals surface area (Å²) in [5.74, 6) is 0.639. The number of ether oxygens (including phenoxy) is 2. The van der Waals surface area contributed by atoms with Crippen LogP contribution in [0.25, 0.3) is 16.6 Å². The summed E-state index contributed by atoms with van der Waals surface area (Å²) >= 11 is 1.51. The first kappa shape index (κ1) is 21.6. The van der Waals surface area contributed by atoms with Crippen molar-refractivity contribution < 1.29 is 14.3 Å². The lowest BCUT2D eigenvalue weighted by Crippen LogP contribution is -2.22. The Bertz CT molecular complexity index is 1270. The van der Waals surface area contributed by atoms with Crippen molar-refractivity contribution in [1.29, 1.82) is 0 Å². The van der Waals surface area contributed by atoms with Crippen LogP contribution in [0.3, 0.4) is 0 Å². The molecule has 0 aliphatic carbocycles. The molecule has 0 radical (unpaired) electrons. The Balaban J connectivity index is 1.73. The minimum Gasteiger partial charge on any atom is -0.482 e. The molecule has 0 aliphatic heterocycles. The van der Waals surface area contributed by atoms with Crippen molar-refractivity contribution in [1.82, 2.24) is 9.55 Å². The van der Waals surface area contributed by atoms with E-state index in [9.17, 15) is 9.59 Å². The second kappa shape index (κ2) is 10.2. The molecule has 7 heteroatoms. The van der Waals surface area contributed by atoms with E-state index < -0.39 is 5.97 Å². The molecular weight excluding hydrogens is 424 g/mol. The van der Waals surface area contributed by atoms with Crippen molar-refractivity contribution >= 4 is 28.6 Å². The van der Waals surface area contributed by atoms with Gasteiger partial charge in [0.25, 0.3) is 5.56 Å². The number of rotatable bonds is 8. The molecule has 162 valence electrons. The van der Waals surface area contributed by atoms with Crippen LogP contribution in [-0.4, -0.2) is 28.7 Å². The zero-order valence-electron chi connectivity index (χ0n) is 17.6. The molecule has 0 aliphatic rings. The first-order chi connectivity index (χ1) is 15.7. The number of carbonyl (C=O) groups excluding carboxylic acids is 1. The standard InChI is InChI=1S/C25H22N2O4S/c1-2-30-23(28)16-31-20-13-14-22-21(15-20)24(29)27(19-11-7-4-8-12-19)25(26-22)32-17-18-9-5-3-6-10-18/h3-15H,2,16-17H2,1H3. The third kappa shape index (κ3) is 5.00. The molecule has 0 bridgehead atoms. The quantitative estimate of drug-likeness (QED) is 0.223. The number of para-hydroxylation sites is 1. The number of hydrogen-bond acceptors (Lipinski definition) is 6. The third-order valence-corrected chi connectivity index (χ3v) is 5.71. The normalized spacial score (nSPS) is 10.8. The van der Waals surface area contributed by atoms with Crippen LogP contribution in [0.2, 0.25) is 0 Å². The van der Waals surface area contributed by atoms with Gasteiger partial charge >= 0.3 is 5.97 Å². The molecule has 0 amide bonds. The Morgan fingerprint density at radius 1 is 1.00 bits per heavy atom. The van der Waals surface area contributed by atoms with Gasteiger partial charge in [-0.25, -0.2) is 9.78 Å². The van der Waals surface area contributed by atoms with Crippen molar-refractivity contribution in [2.75, 3.05) is 13.2 Å². The maximum Gasteiger partial charge on any atom is 0.344 e. The third-order valence-electron chi connectivity index (χ3n) is 4.70. The van der Waals surface area contributed by atoms with E-state index >= 15 is 0 Å². The van der Waals surface area contributed by atoms with Crippen molar-refractivity contribution in [3.63, 3.8) is 0 Å². The predicted octanol–water partition coefficient (Wildman–Crippen LogP) is 4.62. The number of esters is 1. The van der Waals surface area contributed by atoms with E-state index in [1.165, 1.54) is 11.8 Å². The first-order valence-electron chi connectivity index (χ1n) is 10.2. The van der Waals surface area contributed by atoms with E-state index in [2.05, 4.69) is 0 Å². The first-order valence-corrected chi connectivity index (χ1v) is 11.2. The summed E-state index contributed by atoms with van der Waals surface area (Å²) in [5.41, 5.74) is 2.26. The fraction of sp³-hybridized carbons (Fsp3) is 0.160. The van der Waals surface area contributed by atoms with Crippen LogP contribution < -0.4 is 10.3 Å². The lowest BCUT2D eigenvalue weighted by atomic mass is 10.2. The number of aromatic nitrogens is 2. The Labute approximate surface area is 189 Å². The number of thioether (sulfide) groups is 1. The van der Waals surface area contributed by atoms with Gasteiger partial charge in [0.15, 0.2) is 11.8 Å². The van der Waals surface area contributed by atoms with Gasteiger partial charge in [-0.1, -0.05) is 60.3 Å². The van der Waals surface area contributed by atoms with E-state index in [-0.39, 0.29) is 18.8 Å². The molecule has 3 aromatic carbocycles. The van der Waals surface area contributed by atoms with Crippen LogP contribution in [-0.2, 0) is 15.3 Å². The maximum absolute atomic E-state index is 13.5. The van der Waals surface area contributed by atoms with Crippen molar-refractivity contribution in [2.24, 2.45) is 0 Å². The molecule has 0 fully saturated rings. The summed E-state index contributed by atoms with van der Waals surface area (Å²) in [6.45, 7) is 1.80. The van der Waals surface area contributed by atoms with Crippen LogP contribution >= 0.6 is 11.8 Å². The maximum atomic E-state index is 13.5. The van der Waals surface area contributed by atoms with Crippen LogP contribution in [0.4, 0.5) is 0 Å². The molecule has 0 atom stereocenters. The molecule has 6 nitrogen and oxygen atoms in total. The average Bonchev–Trinajstić information content (AvgIpc) is 2.83. The van der Waals surface area contributed by atoms with Crippen LogP contribution in [0, 0.1) is 0 Å². The van der Waals surface area contributed by atoms with Gasteiger partial charge in [-0.15, -0.1) is 0 Å². The van der Waals surface area contributed by atoms with Gasteiger partial charge in [-0.05, 0) is 42.8 Å². The summed E-state index contributed by atoms with van der Waals surface area (Å²) in [6.07, 6.45) is 0. The van der Waals surface area contributed by atoms with Gasteiger partial charge in [0.05, 0.1) is 23.2 Å². The van der Waals surface area contributed by atoms with Crippen molar-refractivity contribution in [3.05, 3.63) is 94.8 Å². The molecule has 1 heterocycles. The molecule has 32 heavy (non-hydrogen) atoms.